The van der Waals surface area contributed by atoms with Crippen molar-refractivity contribution in [1.29, 1.82) is 0 Å². The molecule has 0 aliphatic heterocycles. The number of ether oxygens (including phenoxy) is 1. The van der Waals surface area contributed by atoms with Gasteiger partial charge in [-0.3, -0.25) is 4.79 Å². The van der Waals surface area contributed by atoms with Crippen LogP contribution in [0.5, 0.6) is 0 Å². The first-order chi connectivity index (χ1) is 7.06. The lowest BCUT2D eigenvalue weighted by Gasteiger charge is -2.11. The summed E-state index contributed by atoms with van der Waals surface area (Å²) in [6.45, 7) is 1.78. The number of hydrogen-bond donors (Lipinski definition) is 1. The van der Waals surface area contributed by atoms with E-state index in [9.17, 15) is 9.18 Å². The average Bonchev–Trinajstić information content (AvgIpc) is 2.22. The van der Waals surface area contributed by atoms with E-state index in [0.29, 0.717) is 5.56 Å². The number of nitrogens with two attached hydrogens (primary N) is 1. The third kappa shape index (κ3) is 2.76. The number of methoxy groups -OCH3 is 1. The van der Waals surface area contributed by atoms with E-state index < -0.39 is 12.0 Å². The minimum atomic E-state index is -0.814. The number of benzene rings is 1. The van der Waals surface area contributed by atoms with Crippen molar-refractivity contribution < 1.29 is 13.9 Å². The van der Waals surface area contributed by atoms with Gasteiger partial charge < -0.3 is 10.5 Å². The molecule has 0 radical (unpaired) electrons. The van der Waals surface area contributed by atoms with Gasteiger partial charge in [-0.1, -0.05) is 12.1 Å². The van der Waals surface area contributed by atoms with E-state index in [-0.39, 0.29) is 12.2 Å². The first-order valence-corrected chi connectivity index (χ1v) is 4.63. The normalized spacial score (nSPS) is 12.3. The highest BCUT2D eigenvalue weighted by atomic mass is 19.1. The molecule has 0 amide bonds. The zero-order valence-electron chi connectivity index (χ0n) is 8.79. The van der Waals surface area contributed by atoms with Crippen molar-refractivity contribution in [3.63, 3.8) is 0 Å². The lowest BCUT2D eigenvalue weighted by Crippen LogP contribution is -2.34. The second kappa shape index (κ2) is 4.89. The predicted molar refractivity (Wildman–Crippen MR) is 54.8 cm³/mol. The van der Waals surface area contributed by atoms with Crippen LogP contribution in [0.4, 0.5) is 4.39 Å². The van der Waals surface area contributed by atoms with E-state index in [1.807, 2.05) is 0 Å². The van der Waals surface area contributed by atoms with Crippen molar-refractivity contribution in [2.75, 3.05) is 7.11 Å². The molecule has 4 heteroatoms. The molecule has 0 aliphatic carbocycles. The Morgan fingerprint density at radius 1 is 1.60 bits per heavy atom. The van der Waals surface area contributed by atoms with E-state index >= 15 is 0 Å². The van der Waals surface area contributed by atoms with Crippen molar-refractivity contribution >= 4 is 5.97 Å². The molecule has 1 aromatic carbocycles. The third-order valence-corrected chi connectivity index (χ3v) is 2.28. The van der Waals surface area contributed by atoms with E-state index in [4.69, 9.17) is 5.73 Å². The number of aryl methyl sites for hydroxylation is 1. The molecule has 0 fully saturated rings. The van der Waals surface area contributed by atoms with Crippen LogP contribution in [0.15, 0.2) is 18.2 Å². The third-order valence-electron chi connectivity index (χ3n) is 2.28. The van der Waals surface area contributed by atoms with Gasteiger partial charge in [-0.25, -0.2) is 4.39 Å². The molecular weight excluding hydrogens is 197 g/mol. The van der Waals surface area contributed by atoms with Crippen LogP contribution in [-0.2, 0) is 16.0 Å². The summed E-state index contributed by atoms with van der Waals surface area (Å²) >= 11 is 0. The van der Waals surface area contributed by atoms with Crippen LogP contribution >= 0.6 is 0 Å². The Labute approximate surface area is 88.0 Å². The van der Waals surface area contributed by atoms with Crippen LogP contribution in [0.2, 0.25) is 0 Å². The van der Waals surface area contributed by atoms with Gasteiger partial charge >= 0.3 is 5.97 Å². The molecule has 82 valence electrons. The fourth-order valence-corrected chi connectivity index (χ4v) is 1.38. The van der Waals surface area contributed by atoms with Gasteiger partial charge in [0, 0.05) is 6.42 Å². The van der Waals surface area contributed by atoms with Gasteiger partial charge in [-0.05, 0) is 24.1 Å². The summed E-state index contributed by atoms with van der Waals surface area (Å²) < 4.78 is 17.8. The first-order valence-electron chi connectivity index (χ1n) is 4.63. The Morgan fingerprint density at radius 2 is 2.27 bits per heavy atom. The maximum Gasteiger partial charge on any atom is 0.322 e. The number of halogens is 1. The van der Waals surface area contributed by atoms with Crippen molar-refractivity contribution in [2.45, 2.75) is 19.4 Å². The Bertz CT molecular complexity index is 345. The molecular formula is C11H14FNO2. The number of esters is 1. The average molecular weight is 211 g/mol. The predicted octanol–water partition coefficient (Wildman–Crippen LogP) is 1.18. The van der Waals surface area contributed by atoms with E-state index in [0.717, 1.165) is 5.56 Å². The number of carbonyl (C=O) groups excluding carboxylic acids is 1. The molecule has 0 aromatic heterocycles. The Kier molecular flexibility index (Phi) is 3.80. The summed E-state index contributed by atoms with van der Waals surface area (Å²) in [4.78, 5) is 11.1. The monoisotopic (exact) mass is 211 g/mol. The van der Waals surface area contributed by atoms with Crippen LogP contribution in [0.25, 0.3) is 0 Å². The van der Waals surface area contributed by atoms with Crippen molar-refractivity contribution in [2.24, 2.45) is 5.73 Å². The van der Waals surface area contributed by atoms with Crippen LogP contribution in [-0.4, -0.2) is 19.1 Å². The van der Waals surface area contributed by atoms with Gasteiger partial charge in [0.05, 0.1) is 7.11 Å². The zero-order chi connectivity index (χ0) is 11.4. The lowest BCUT2D eigenvalue weighted by atomic mass is 10.0. The maximum absolute atomic E-state index is 13.4. The molecule has 2 N–H and O–H groups in total. The van der Waals surface area contributed by atoms with Crippen LogP contribution in [0, 0.1) is 12.7 Å². The molecule has 1 atom stereocenters. The highest BCUT2D eigenvalue weighted by molar-refractivity contribution is 5.75. The molecule has 0 bridgehead atoms. The Hall–Kier alpha value is -1.42. The SMILES string of the molecule is COC(=O)[C@H](N)Cc1c(C)cccc1F. The highest BCUT2D eigenvalue weighted by Gasteiger charge is 2.17. The summed E-state index contributed by atoms with van der Waals surface area (Å²) in [7, 11) is 1.26. The van der Waals surface area contributed by atoms with E-state index in [1.54, 1.807) is 19.1 Å². The van der Waals surface area contributed by atoms with Gasteiger partial charge in [0.2, 0.25) is 0 Å². The molecule has 0 aliphatic rings. The molecule has 0 saturated carbocycles. The molecule has 0 spiro atoms. The van der Waals surface area contributed by atoms with Crippen LogP contribution < -0.4 is 5.73 Å². The fraction of sp³-hybridized carbons (Fsp3) is 0.364. The van der Waals surface area contributed by atoms with Crippen LogP contribution in [0.1, 0.15) is 11.1 Å². The maximum atomic E-state index is 13.4. The summed E-state index contributed by atoms with van der Waals surface area (Å²) in [6.07, 6.45) is 0.158. The molecule has 0 unspecified atom stereocenters. The largest absolute Gasteiger partial charge is 0.468 e. The van der Waals surface area contributed by atoms with Gasteiger partial charge in [0.15, 0.2) is 0 Å². The van der Waals surface area contributed by atoms with Gasteiger partial charge in [0.1, 0.15) is 11.9 Å². The quantitative estimate of drug-likeness (QED) is 0.764. The molecule has 3 nitrogen and oxygen atoms in total. The van der Waals surface area contributed by atoms with Crippen molar-refractivity contribution in [3.05, 3.63) is 35.1 Å². The minimum absolute atomic E-state index is 0.158. The van der Waals surface area contributed by atoms with Gasteiger partial charge in [-0.15, -0.1) is 0 Å². The lowest BCUT2D eigenvalue weighted by molar-refractivity contribution is -0.142. The first kappa shape index (κ1) is 11.7. The molecule has 15 heavy (non-hydrogen) atoms. The Morgan fingerprint density at radius 3 is 2.80 bits per heavy atom. The van der Waals surface area contributed by atoms with E-state index in [1.165, 1.54) is 13.2 Å². The molecule has 1 rings (SSSR count). The summed E-state index contributed by atoms with van der Waals surface area (Å²) in [5, 5.41) is 0. The molecule has 0 saturated heterocycles. The number of rotatable bonds is 3. The fourth-order valence-electron chi connectivity index (χ4n) is 1.38. The molecule has 0 heterocycles. The van der Waals surface area contributed by atoms with Crippen molar-refractivity contribution in [3.8, 4) is 0 Å². The summed E-state index contributed by atoms with van der Waals surface area (Å²) in [6, 6.07) is 3.94. The number of carbonyl (C=O) groups is 1. The Balaban J connectivity index is 2.85. The summed E-state index contributed by atoms with van der Waals surface area (Å²) in [5.41, 5.74) is 6.81. The second-order valence-electron chi connectivity index (χ2n) is 3.37. The smallest absolute Gasteiger partial charge is 0.322 e. The summed E-state index contributed by atoms with van der Waals surface area (Å²) in [5.74, 6) is -0.869. The molecule has 1 aromatic rings. The van der Waals surface area contributed by atoms with Gasteiger partial charge in [0.25, 0.3) is 0 Å². The van der Waals surface area contributed by atoms with Crippen molar-refractivity contribution in [1.82, 2.24) is 0 Å². The zero-order valence-corrected chi connectivity index (χ0v) is 8.79. The minimum Gasteiger partial charge on any atom is -0.468 e. The van der Waals surface area contributed by atoms with E-state index in [2.05, 4.69) is 4.74 Å². The van der Waals surface area contributed by atoms with Crippen LogP contribution in [0.3, 0.4) is 0 Å². The second-order valence-corrected chi connectivity index (χ2v) is 3.37. The number of hydrogen-bond acceptors (Lipinski definition) is 3. The van der Waals surface area contributed by atoms with Gasteiger partial charge in [-0.2, -0.15) is 0 Å². The highest BCUT2D eigenvalue weighted by Crippen LogP contribution is 2.14. The topological polar surface area (TPSA) is 52.3 Å². The standard InChI is InChI=1S/C11H14FNO2/c1-7-4-3-5-9(12)8(7)6-10(13)11(14)15-2/h3-5,10H,6,13H2,1-2H3/t10-/m1/s1.